The minimum atomic E-state index is -0.423. The Bertz CT molecular complexity index is 223. The molecule has 0 saturated heterocycles. The monoisotopic (exact) mass is 262 g/mol. The quantitative estimate of drug-likeness (QED) is 0.496. The van der Waals surface area contributed by atoms with Gasteiger partial charge in [0.05, 0.1) is 0 Å². The number of imide groups is 1. The normalized spacial score (nSPS) is 10.0. The molecule has 0 aromatic heterocycles. The SMILES string of the molecule is CCCCCCCCNC(=O)NC(=O)CCCl. The van der Waals surface area contributed by atoms with Crippen molar-refractivity contribution in [2.24, 2.45) is 0 Å². The van der Waals surface area contributed by atoms with Gasteiger partial charge < -0.3 is 5.32 Å². The number of hydrogen-bond donors (Lipinski definition) is 2. The van der Waals surface area contributed by atoms with E-state index < -0.39 is 6.03 Å². The molecule has 17 heavy (non-hydrogen) atoms. The molecule has 2 N–H and O–H groups in total. The van der Waals surface area contributed by atoms with Crippen LogP contribution < -0.4 is 10.6 Å². The van der Waals surface area contributed by atoms with Gasteiger partial charge in [-0.05, 0) is 6.42 Å². The van der Waals surface area contributed by atoms with E-state index in [1.807, 2.05) is 0 Å². The van der Waals surface area contributed by atoms with Crippen molar-refractivity contribution in [2.45, 2.75) is 51.9 Å². The van der Waals surface area contributed by atoms with Crippen LogP contribution in [0, 0.1) is 0 Å². The number of nitrogens with one attached hydrogen (secondary N) is 2. The van der Waals surface area contributed by atoms with Crippen molar-refractivity contribution < 1.29 is 9.59 Å². The third-order valence-electron chi connectivity index (χ3n) is 2.39. The first-order valence-electron chi connectivity index (χ1n) is 6.34. The first-order chi connectivity index (χ1) is 8.20. The number of carbonyl (C=O) groups is 2. The average Bonchev–Trinajstić information content (AvgIpc) is 2.28. The molecule has 100 valence electrons. The number of amides is 3. The lowest BCUT2D eigenvalue weighted by atomic mass is 10.1. The number of urea groups is 1. The fourth-order valence-corrected chi connectivity index (χ4v) is 1.60. The highest BCUT2D eigenvalue weighted by Gasteiger charge is 2.05. The van der Waals surface area contributed by atoms with E-state index in [0.717, 1.165) is 12.8 Å². The van der Waals surface area contributed by atoms with Crippen LogP contribution in [-0.2, 0) is 4.79 Å². The molecule has 0 heterocycles. The van der Waals surface area contributed by atoms with Gasteiger partial charge in [0.15, 0.2) is 0 Å². The largest absolute Gasteiger partial charge is 0.338 e. The molecule has 0 aliphatic rings. The van der Waals surface area contributed by atoms with Gasteiger partial charge in [0.2, 0.25) is 5.91 Å². The van der Waals surface area contributed by atoms with Gasteiger partial charge in [-0.25, -0.2) is 4.79 Å². The fraction of sp³-hybridized carbons (Fsp3) is 0.833. The molecule has 0 saturated carbocycles. The molecule has 0 fully saturated rings. The minimum Gasteiger partial charge on any atom is -0.338 e. The molecule has 0 atom stereocenters. The molecule has 0 spiro atoms. The third-order valence-corrected chi connectivity index (χ3v) is 2.58. The molecule has 0 aliphatic heterocycles. The average molecular weight is 263 g/mol. The smallest absolute Gasteiger partial charge is 0.321 e. The molecular formula is C12H23ClN2O2. The first-order valence-corrected chi connectivity index (χ1v) is 6.87. The van der Waals surface area contributed by atoms with Crippen molar-refractivity contribution >= 4 is 23.5 Å². The van der Waals surface area contributed by atoms with Gasteiger partial charge in [-0.15, -0.1) is 11.6 Å². The molecule has 4 nitrogen and oxygen atoms in total. The molecule has 0 bridgehead atoms. The maximum Gasteiger partial charge on any atom is 0.321 e. The van der Waals surface area contributed by atoms with Crippen LogP contribution in [-0.4, -0.2) is 24.4 Å². The molecule has 5 heteroatoms. The summed E-state index contributed by atoms with van der Waals surface area (Å²) in [7, 11) is 0. The van der Waals surface area contributed by atoms with Crippen LogP contribution in [0.5, 0.6) is 0 Å². The number of alkyl halides is 1. The van der Waals surface area contributed by atoms with Gasteiger partial charge in [-0.3, -0.25) is 10.1 Å². The van der Waals surface area contributed by atoms with E-state index in [-0.39, 0.29) is 18.2 Å². The molecule has 0 aliphatic carbocycles. The molecule has 0 aromatic rings. The minimum absolute atomic E-state index is 0.173. The van der Waals surface area contributed by atoms with Crippen molar-refractivity contribution in [1.29, 1.82) is 0 Å². The van der Waals surface area contributed by atoms with Gasteiger partial charge in [0.1, 0.15) is 0 Å². The van der Waals surface area contributed by atoms with Gasteiger partial charge in [0.25, 0.3) is 0 Å². The van der Waals surface area contributed by atoms with Crippen molar-refractivity contribution in [3.05, 3.63) is 0 Å². The zero-order valence-corrected chi connectivity index (χ0v) is 11.3. The Hall–Kier alpha value is -0.770. The Kier molecular flexibility index (Phi) is 11.2. The van der Waals surface area contributed by atoms with Crippen molar-refractivity contribution in [3.8, 4) is 0 Å². The number of hydrogen-bond acceptors (Lipinski definition) is 2. The molecule has 0 radical (unpaired) electrons. The molecular weight excluding hydrogens is 240 g/mol. The van der Waals surface area contributed by atoms with E-state index in [1.54, 1.807) is 0 Å². The highest BCUT2D eigenvalue weighted by atomic mass is 35.5. The number of rotatable bonds is 9. The predicted octanol–water partition coefficient (Wildman–Crippen LogP) is 2.80. The molecule has 3 amide bonds. The van der Waals surface area contributed by atoms with Crippen LogP contribution in [0.1, 0.15) is 51.9 Å². The van der Waals surface area contributed by atoms with Crippen LogP contribution in [0.15, 0.2) is 0 Å². The predicted molar refractivity (Wildman–Crippen MR) is 70.3 cm³/mol. The maximum atomic E-state index is 11.2. The van der Waals surface area contributed by atoms with Crippen molar-refractivity contribution in [1.82, 2.24) is 10.6 Å². The second-order valence-electron chi connectivity index (χ2n) is 4.01. The zero-order chi connectivity index (χ0) is 12.9. The summed E-state index contributed by atoms with van der Waals surface area (Å²) in [4.78, 5) is 22.2. The number of halogens is 1. The van der Waals surface area contributed by atoms with E-state index in [4.69, 9.17) is 11.6 Å². The summed E-state index contributed by atoms with van der Waals surface area (Å²) in [5.41, 5.74) is 0. The van der Waals surface area contributed by atoms with E-state index in [9.17, 15) is 9.59 Å². The molecule has 0 rings (SSSR count). The number of unbranched alkanes of at least 4 members (excludes halogenated alkanes) is 5. The Balaban J connectivity index is 3.30. The van der Waals surface area contributed by atoms with E-state index in [0.29, 0.717) is 6.54 Å². The van der Waals surface area contributed by atoms with E-state index >= 15 is 0 Å². The van der Waals surface area contributed by atoms with Gasteiger partial charge in [-0.2, -0.15) is 0 Å². The Morgan fingerprint density at radius 3 is 2.35 bits per heavy atom. The Labute approximate surface area is 108 Å². The summed E-state index contributed by atoms with van der Waals surface area (Å²) in [5, 5.41) is 4.87. The maximum absolute atomic E-state index is 11.2. The lowest BCUT2D eigenvalue weighted by molar-refractivity contribution is -0.119. The highest BCUT2D eigenvalue weighted by Crippen LogP contribution is 2.03. The summed E-state index contributed by atoms with van der Waals surface area (Å²) in [6.45, 7) is 2.80. The number of carbonyl (C=O) groups excluding carboxylic acids is 2. The van der Waals surface area contributed by atoms with Crippen molar-refractivity contribution in [2.75, 3.05) is 12.4 Å². The highest BCUT2D eigenvalue weighted by molar-refractivity contribution is 6.19. The second-order valence-corrected chi connectivity index (χ2v) is 4.39. The summed E-state index contributed by atoms with van der Waals surface area (Å²) < 4.78 is 0. The van der Waals surface area contributed by atoms with E-state index in [2.05, 4.69) is 17.6 Å². The summed E-state index contributed by atoms with van der Waals surface area (Å²) in [5.74, 6) is -0.100. The van der Waals surface area contributed by atoms with E-state index in [1.165, 1.54) is 25.7 Å². The first kappa shape index (κ1) is 16.2. The van der Waals surface area contributed by atoms with Crippen LogP contribution in [0.3, 0.4) is 0 Å². The topological polar surface area (TPSA) is 58.2 Å². The Morgan fingerprint density at radius 2 is 1.71 bits per heavy atom. The standard InChI is InChI=1S/C12H23ClN2O2/c1-2-3-4-5-6-7-10-14-12(17)15-11(16)8-9-13/h2-10H2,1H3,(H2,14,15,16,17). The zero-order valence-electron chi connectivity index (χ0n) is 10.6. The van der Waals surface area contributed by atoms with Crippen molar-refractivity contribution in [3.63, 3.8) is 0 Å². The summed E-state index contributed by atoms with van der Waals surface area (Å²) in [6.07, 6.45) is 7.24. The fourth-order valence-electron chi connectivity index (χ4n) is 1.43. The van der Waals surface area contributed by atoms with Crippen LogP contribution in [0.4, 0.5) is 4.79 Å². The second kappa shape index (κ2) is 11.7. The molecule has 0 aromatic carbocycles. The molecule has 0 unspecified atom stereocenters. The van der Waals surface area contributed by atoms with Crippen LogP contribution >= 0.6 is 11.6 Å². The van der Waals surface area contributed by atoms with Gasteiger partial charge in [0, 0.05) is 18.8 Å². The van der Waals surface area contributed by atoms with Gasteiger partial charge >= 0.3 is 6.03 Å². The van der Waals surface area contributed by atoms with Crippen LogP contribution in [0.25, 0.3) is 0 Å². The third kappa shape index (κ3) is 11.5. The summed E-state index contributed by atoms with van der Waals surface area (Å²) >= 11 is 5.37. The summed E-state index contributed by atoms with van der Waals surface area (Å²) in [6, 6.07) is -0.423. The Morgan fingerprint density at radius 1 is 1.06 bits per heavy atom. The lowest BCUT2D eigenvalue weighted by Gasteiger charge is -2.05. The van der Waals surface area contributed by atoms with Crippen LogP contribution in [0.2, 0.25) is 0 Å². The lowest BCUT2D eigenvalue weighted by Crippen LogP contribution is -2.39. The van der Waals surface area contributed by atoms with Gasteiger partial charge in [-0.1, -0.05) is 39.0 Å².